The van der Waals surface area contributed by atoms with Gasteiger partial charge in [0.2, 0.25) is 5.91 Å². The number of nitrogens with zero attached hydrogens (tertiary/aromatic N) is 1. The quantitative estimate of drug-likeness (QED) is 0.877. The van der Waals surface area contributed by atoms with Crippen molar-refractivity contribution in [2.45, 2.75) is 51.0 Å². The van der Waals surface area contributed by atoms with Crippen LogP contribution in [0.4, 0.5) is 0 Å². The van der Waals surface area contributed by atoms with Crippen LogP contribution in [0.5, 0.6) is 5.75 Å². The maximum Gasteiger partial charge on any atom is 0.230 e. The molecule has 3 rings (SSSR count). The molecule has 1 N–H and O–H groups in total. The van der Waals surface area contributed by atoms with E-state index in [1.54, 1.807) is 7.11 Å². The van der Waals surface area contributed by atoms with Crippen LogP contribution in [-0.4, -0.2) is 43.6 Å². The van der Waals surface area contributed by atoms with E-state index in [4.69, 9.17) is 4.74 Å². The van der Waals surface area contributed by atoms with Crippen LogP contribution >= 0.6 is 0 Å². The van der Waals surface area contributed by atoms with E-state index in [1.165, 1.54) is 12.8 Å². The standard InChI is InChI=1S/C19H28N2O2/c1-14-6-7-16(12-17(14)23-3)19(8-9-19)18(22)20-13-15(2)21-10-4-5-11-21/h6-7,12,15H,4-5,8-11,13H2,1-3H3,(H,20,22)/t15-/m0/s1. The molecule has 1 aromatic rings. The van der Waals surface area contributed by atoms with Gasteiger partial charge in [-0.3, -0.25) is 9.69 Å². The topological polar surface area (TPSA) is 41.6 Å². The SMILES string of the molecule is COc1cc(C2(C(=O)NC[C@H](C)N3CCCC3)CC2)ccc1C. The van der Waals surface area contributed by atoms with E-state index in [1.807, 2.05) is 19.1 Å². The van der Waals surface area contributed by atoms with Gasteiger partial charge in [-0.25, -0.2) is 0 Å². The fourth-order valence-corrected chi connectivity index (χ4v) is 3.61. The molecule has 4 nitrogen and oxygen atoms in total. The Morgan fingerprint density at radius 1 is 1.35 bits per heavy atom. The van der Waals surface area contributed by atoms with Crippen molar-refractivity contribution < 1.29 is 9.53 Å². The molecule has 1 aliphatic heterocycles. The molecule has 1 atom stereocenters. The third-order valence-corrected chi connectivity index (χ3v) is 5.47. The van der Waals surface area contributed by atoms with Crippen molar-refractivity contribution in [2.75, 3.05) is 26.7 Å². The second-order valence-electron chi connectivity index (χ2n) is 7.07. The van der Waals surface area contributed by atoms with Crippen LogP contribution < -0.4 is 10.1 Å². The Bertz CT molecular complexity index is 575. The zero-order chi connectivity index (χ0) is 16.4. The fraction of sp³-hybridized carbons (Fsp3) is 0.632. The van der Waals surface area contributed by atoms with Gasteiger partial charge < -0.3 is 10.1 Å². The molecular weight excluding hydrogens is 288 g/mol. The second-order valence-corrected chi connectivity index (χ2v) is 7.07. The minimum absolute atomic E-state index is 0.175. The molecule has 1 amide bonds. The first-order valence-corrected chi connectivity index (χ1v) is 8.74. The lowest BCUT2D eigenvalue weighted by atomic mass is 9.93. The van der Waals surface area contributed by atoms with Crippen molar-refractivity contribution in [1.29, 1.82) is 0 Å². The van der Waals surface area contributed by atoms with E-state index in [-0.39, 0.29) is 11.3 Å². The number of ether oxygens (including phenoxy) is 1. The van der Waals surface area contributed by atoms with Crippen LogP contribution in [0.15, 0.2) is 18.2 Å². The molecule has 1 aliphatic carbocycles. The number of amides is 1. The number of nitrogens with one attached hydrogen (secondary N) is 1. The number of hydrogen-bond donors (Lipinski definition) is 1. The maximum absolute atomic E-state index is 12.8. The third-order valence-electron chi connectivity index (χ3n) is 5.47. The van der Waals surface area contributed by atoms with Crippen molar-refractivity contribution >= 4 is 5.91 Å². The summed E-state index contributed by atoms with van der Waals surface area (Å²) >= 11 is 0. The maximum atomic E-state index is 12.8. The first-order chi connectivity index (χ1) is 11.1. The summed E-state index contributed by atoms with van der Waals surface area (Å²) in [7, 11) is 1.68. The van der Waals surface area contributed by atoms with Gasteiger partial charge in [-0.15, -0.1) is 0 Å². The molecule has 0 spiro atoms. The molecule has 0 bridgehead atoms. The van der Waals surface area contributed by atoms with Crippen molar-refractivity contribution in [3.05, 3.63) is 29.3 Å². The highest BCUT2D eigenvalue weighted by Gasteiger charge is 2.51. The molecule has 1 saturated carbocycles. The molecule has 0 radical (unpaired) electrons. The lowest BCUT2D eigenvalue weighted by Crippen LogP contribution is -2.44. The average Bonchev–Trinajstić information content (AvgIpc) is 3.19. The molecule has 0 aromatic heterocycles. The molecule has 1 heterocycles. The number of benzene rings is 1. The van der Waals surface area contributed by atoms with Gasteiger partial charge in [0.15, 0.2) is 0 Å². The summed E-state index contributed by atoms with van der Waals surface area (Å²) in [6, 6.07) is 6.58. The molecule has 23 heavy (non-hydrogen) atoms. The van der Waals surface area contributed by atoms with E-state index in [0.717, 1.165) is 49.4 Å². The number of hydrogen-bond acceptors (Lipinski definition) is 3. The van der Waals surface area contributed by atoms with E-state index in [0.29, 0.717) is 6.04 Å². The normalized spacial score (nSPS) is 21.0. The van der Waals surface area contributed by atoms with E-state index in [2.05, 4.69) is 23.2 Å². The fourth-order valence-electron chi connectivity index (χ4n) is 3.61. The van der Waals surface area contributed by atoms with Gasteiger partial charge in [0.05, 0.1) is 12.5 Å². The van der Waals surface area contributed by atoms with Crippen molar-refractivity contribution in [3.63, 3.8) is 0 Å². The van der Waals surface area contributed by atoms with Gasteiger partial charge in [-0.2, -0.15) is 0 Å². The highest BCUT2D eigenvalue weighted by molar-refractivity contribution is 5.91. The van der Waals surface area contributed by atoms with Crippen LogP contribution in [0.25, 0.3) is 0 Å². The molecule has 2 fully saturated rings. The smallest absolute Gasteiger partial charge is 0.230 e. The number of carbonyl (C=O) groups excluding carboxylic acids is 1. The summed E-state index contributed by atoms with van der Waals surface area (Å²) in [5.74, 6) is 1.04. The van der Waals surface area contributed by atoms with Crippen LogP contribution in [0.1, 0.15) is 43.7 Å². The summed E-state index contributed by atoms with van der Waals surface area (Å²) < 4.78 is 5.42. The Kier molecular flexibility index (Phi) is 4.62. The van der Waals surface area contributed by atoms with E-state index < -0.39 is 0 Å². The predicted molar refractivity (Wildman–Crippen MR) is 91.9 cm³/mol. The third kappa shape index (κ3) is 3.23. The number of rotatable bonds is 6. The van der Waals surface area contributed by atoms with Crippen LogP contribution in [0.3, 0.4) is 0 Å². The predicted octanol–water partition coefficient (Wildman–Crippen LogP) is 2.64. The van der Waals surface area contributed by atoms with Crippen LogP contribution in [-0.2, 0) is 10.2 Å². The van der Waals surface area contributed by atoms with Crippen LogP contribution in [0.2, 0.25) is 0 Å². The zero-order valence-electron chi connectivity index (χ0n) is 14.5. The molecular formula is C19H28N2O2. The zero-order valence-corrected chi connectivity index (χ0v) is 14.5. The van der Waals surface area contributed by atoms with Gasteiger partial charge in [0.25, 0.3) is 0 Å². The van der Waals surface area contributed by atoms with Gasteiger partial charge in [-0.1, -0.05) is 12.1 Å². The summed E-state index contributed by atoms with van der Waals surface area (Å²) in [6.45, 7) is 7.30. The van der Waals surface area contributed by atoms with Crippen molar-refractivity contribution in [3.8, 4) is 5.75 Å². The lowest BCUT2D eigenvalue weighted by Gasteiger charge is -2.25. The molecule has 2 aliphatic rings. The molecule has 0 unspecified atom stereocenters. The molecule has 126 valence electrons. The number of likely N-dealkylation sites (tertiary alicyclic amines) is 1. The number of methoxy groups -OCH3 is 1. The summed E-state index contributed by atoms with van der Waals surface area (Å²) in [6.07, 6.45) is 4.43. The first-order valence-electron chi connectivity index (χ1n) is 8.74. The molecule has 1 saturated heterocycles. The monoisotopic (exact) mass is 316 g/mol. The Morgan fingerprint density at radius 3 is 2.65 bits per heavy atom. The van der Waals surface area contributed by atoms with Crippen molar-refractivity contribution in [1.82, 2.24) is 10.2 Å². The minimum atomic E-state index is -0.328. The highest BCUT2D eigenvalue weighted by Crippen LogP contribution is 2.49. The van der Waals surface area contributed by atoms with E-state index in [9.17, 15) is 4.79 Å². The Labute approximate surface area is 139 Å². The first kappa shape index (κ1) is 16.3. The van der Waals surface area contributed by atoms with Gasteiger partial charge in [0.1, 0.15) is 5.75 Å². The Hall–Kier alpha value is -1.55. The Morgan fingerprint density at radius 2 is 2.04 bits per heavy atom. The summed E-state index contributed by atoms with van der Waals surface area (Å²) in [4.78, 5) is 15.2. The molecule has 4 heteroatoms. The summed E-state index contributed by atoms with van der Waals surface area (Å²) in [5.41, 5.74) is 1.87. The summed E-state index contributed by atoms with van der Waals surface area (Å²) in [5, 5.41) is 3.19. The van der Waals surface area contributed by atoms with Crippen LogP contribution in [0, 0.1) is 6.92 Å². The average molecular weight is 316 g/mol. The largest absolute Gasteiger partial charge is 0.496 e. The minimum Gasteiger partial charge on any atom is -0.496 e. The Balaban J connectivity index is 1.64. The van der Waals surface area contributed by atoms with Gasteiger partial charge in [0, 0.05) is 12.6 Å². The lowest BCUT2D eigenvalue weighted by molar-refractivity contribution is -0.123. The van der Waals surface area contributed by atoms with E-state index >= 15 is 0 Å². The number of carbonyl (C=O) groups is 1. The second kappa shape index (κ2) is 6.52. The molecule has 1 aromatic carbocycles. The van der Waals surface area contributed by atoms with Crippen molar-refractivity contribution in [2.24, 2.45) is 0 Å². The van der Waals surface area contributed by atoms with Gasteiger partial charge in [-0.05, 0) is 69.8 Å². The number of aryl methyl sites for hydroxylation is 1. The van der Waals surface area contributed by atoms with Gasteiger partial charge >= 0.3 is 0 Å². The highest BCUT2D eigenvalue weighted by atomic mass is 16.5.